The van der Waals surface area contributed by atoms with E-state index in [4.69, 9.17) is 4.74 Å². The van der Waals surface area contributed by atoms with Gasteiger partial charge in [-0.3, -0.25) is 0 Å². The SMILES string of the molecule is OC(c1cccc2c1OCC2)C12CC3CC(CC(C3)C1)C2. The maximum Gasteiger partial charge on any atom is 0.128 e. The molecule has 1 unspecified atom stereocenters. The molecule has 4 aliphatic carbocycles. The fraction of sp³-hybridized carbons (Fsp3) is 0.684. The van der Waals surface area contributed by atoms with Gasteiger partial charge in [-0.2, -0.15) is 0 Å². The zero-order valence-corrected chi connectivity index (χ0v) is 12.6. The van der Waals surface area contributed by atoms with Crippen LogP contribution in [0.1, 0.15) is 55.8 Å². The number of hydrogen-bond donors (Lipinski definition) is 1. The third-order valence-corrected chi connectivity index (χ3v) is 6.71. The summed E-state index contributed by atoms with van der Waals surface area (Å²) in [4.78, 5) is 0. The van der Waals surface area contributed by atoms with E-state index in [1.807, 2.05) is 0 Å². The Morgan fingerprint density at radius 3 is 2.38 bits per heavy atom. The fourth-order valence-corrected chi connectivity index (χ4v) is 6.30. The van der Waals surface area contributed by atoms with E-state index in [1.165, 1.54) is 44.1 Å². The van der Waals surface area contributed by atoms with Crippen LogP contribution in [0.4, 0.5) is 0 Å². The molecule has 0 aromatic heterocycles. The van der Waals surface area contributed by atoms with E-state index in [0.29, 0.717) is 0 Å². The number of fused-ring (bicyclic) bond motifs is 1. The standard InChI is InChI=1S/C19H24O2/c20-18(16-3-1-2-15-4-5-21-17(15)16)19-9-12-6-13(10-19)8-14(7-12)11-19/h1-3,12-14,18,20H,4-11H2. The van der Waals surface area contributed by atoms with E-state index in [-0.39, 0.29) is 11.5 Å². The molecule has 5 aliphatic rings. The second-order valence-electron chi connectivity index (χ2n) is 8.12. The average molecular weight is 284 g/mol. The Morgan fingerprint density at radius 1 is 1.05 bits per heavy atom. The third kappa shape index (κ3) is 1.75. The Hall–Kier alpha value is -1.02. The summed E-state index contributed by atoms with van der Waals surface area (Å²) in [6.07, 6.45) is 8.67. The van der Waals surface area contributed by atoms with Crippen molar-refractivity contribution in [2.24, 2.45) is 23.2 Å². The molecule has 1 atom stereocenters. The molecule has 0 radical (unpaired) electrons. The van der Waals surface area contributed by atoms with E-state index in [9.17, 15) is 5.11 Å². The lowest BCUT2D eigenvalue weighted by atomic mass is 9.47. The lowest BCUT2D eigenvalue weighted by Gasteiger charge is -2.58. The average Bonchev–Trinajstić information content (AvgIpc) is 2.93. The number of hydrogen-bond acceptors (Lipinski definition) is 2. The predicted molar refractivity (Wildman–Crippen MR) is 81.2 cm³/mol. The van der Waals surface area contributed by atoms with Crippen LogP contribution in [-0.4, -0.2) is 11.7 Å². The van der Waals surface area contributed by atoms with Gasteiger partial charge in [-0.15, -0.1) is 0 Å². The third-order valence-electron chi connectivity index (χ3n) is 6.71. The molecule has 0 amide bonds. The van der Waals surface area contributed by atoms with Crippen molar-refractivity contribution in [1.82, 2.24) is 0 Å². The molecule has 0 spiro atoms. The molecule has 21 heavy (non-hydrogen) atoms. The van der Waals surface area contributed by atoms with Gasteiger partial charge in [-0.25, -0.2) is 0 Å². The van der Waals surface area contributed by atoms with Crippen LogP contribution in [0, 0.1) is 23.2 Å². The van der Waals surface area contributed by atoms with Crippen LogP contribution >= 0.6 is 0 Å². The number of aliphatic hydroxyl groups is 1. The van der Waals surface area contributed by atoms with Crippen molar-refractivity contribution >= 4 is 0 Å². The molecule has 1 aliphatic heterocycles. The highest BCUT2D eigenvalue weighted by Gasteiger charge is 2.54. The summed E-state index contributed by atoms with van der Waals surface area (Å²) in [7, 11) is 0. The van der Waals surface area contributed by atoms with E-state index in [1.54, 1.807) is 0 Å². The smallest absolute Gasteiger partial charge is 0.128 e. The van der Waals surface area contributed by atoms with Crippen LogP contribution in [0.2, 0.25) is 0 Å². The highest BCUT2D eigenvalue weighted by Crippen LogP contribution is 2.64. The van der Waals surface area contributed by atoms with E-state index >= 15 is 0 Å². The number of rotatable bonds is 2. The van der Waals surface area contributed by atoms with Crippen molar-refractivity contribution in [2.75, 3.05) is 6.61 Å². The van der Waals surface area contributed by atoms with Crippen molar-refractivity contribution in [3.8, 4) is 5.75 Å². The quantitative estimate of drug-likeness (QED) is 0.893. The first-order chi connectivity index (χ1) is 10.2. The molecule has 6 rings (SSSR count). The van der Waals surface area contributed by atoms with Crippen LogP contribution in [0.5, 0.6) is 5.75 Å². The van der Waals surface area contributed by atoms with Gasteiger partial charge in [0.2, 0.25) is 0 Å². The first kappa shape index (κ1) is 12.5. The summed E-state index contributed by atoms with van der Waals surface area (Å²) in [6, 6.07) is 6.36. The van der Waals surface area contributed by atoms with Gasteiger partial charge in [-0.05, 0) is 61.8 Å². The van der Waals surface area contributed by atoms with Gasteiger partial charge in [0, 0.05) is 17.4 Å². The van der Waals surface area contributed by atoms with Crippen molar-refractivity contribution in [2.45, 2.75) is 51.0 Å². The molecule has 1 aromatic carbocycles. The van der Waals surface area contributed by atoms with Crippen molar-refractivity contribution < 1.29 is 9.84 Å². The minimum Gasteiger partial charge on any atom is -0.493 e. The molecular formula is C19H24O2. The molecule has 0 saturated heterocycles. The minimum atomic E-state index is -0.320. The number of ether oxygens (including phenoxy) is 1. The Morgan fingerprint density at radius 2 is 1.71 bits per heavy atom. The lowest BCUT2D eigenvalue weighted by molar-refractivity contribution is -0.122. The van der Waals surface area contributed by atoms with Crippen LogP contribution in [0.25, 0.3) is 0 Å². The van der Waals surface area contributed by atoms with Crippen LogP contribution in [-0.2, 0) is 6.42 Å². The summed E-state index contributed by atoms with van der Waals surface area (Å²) in [5.41, 5.74) is 2.51. The molecule has 2 heteroatoms. The van der Waals surface area contributed by atoms with Crippen LogP contribution < -0.4 is 4.74 Å². The zero-order valence-electron chi connectivity index (χ0n) is 12.6. The predicted octanol–water partition coefficient (Wildman–Crippen LogP) is 3.87. The van der Waals surface area contributed by atoms with Gasteiger partial charge < -0.3 is 9.84 Å². The molecule has 2 nitrogen and oxygen atoms in total. The fourth-order valence-electron chi connectivity index (χ4n) is 6.30. The lowest BCUT2D eigenvalue weighted by Crippen LogP contribution is -2.48. The zero-order chi connectivity index (χ0) is 14.0. The van der Waals surface area contributed by atoms with Crippen molar-refractivity contribution in [3.63, 3.8) is 0 Å². The number of aliphatic hydroxyl groups excluding tert-OH is 1. The topological polar surface area (TPSA) is 29.5 Å². The highest BCUT2D eigenvalue weighted by atomic mass is 16.5. The van der Waals surface area contributed by atoms with E-state index < -0.39 is 0 Å². The summed E-state index contributed by atoms with van der Waals surface area (Å²) < 4.78 is 5.85. The van der Waals surface area contributed by atoms with Gasteiger partial charge in [0.25, 0.3) is 0 Å². The Bertz CT molecular complexity index is 542. The molecule has 1 aromatic rings. The molecule has 1 N–H and O–H groups in total. The van der Waals surface area contributed by atoms with Gasteiger partial charge in [0.1, 0.15) is 5.75 Å². The molecular weight excluding hydrogens is 260 g/mol. The number of para-hydroxylation sites is 1. The minimum absolute atomic E-state index is 0.149. The van der Waals surface area contributed by atoms with Crippen LogP contribution in [0.3, 0.4) is 0 Å². The molecule has 1 heterocycles. The Balaban J connectivity index is 1.54. The van der Waals surface area contributed by atoms with Crippen LogP contribution in [0.15, 0.2) is 18.2 Å². The summed E-state index contributed by atoms with van der Waals surface area (Å²) >= 11 is 0. The summed E-state index contributed by atoms with van der Waals surface area (Å²) in [6.45, 7) is 0.778. The molecule has 4 fully saturated rings. The largest absolute Gasteiger partial charge is 0.493 e. The molecule has 4 bridgehead atoms. The number of benzene rings is 1. The monoisotopic (exact) mass is 284 g/mol. The van der Waals surface area contributed by atoms with E-state index in [2.05, 4.69) is 18.2 Å². The first-order valence-corrected chi connectivity index (χ1v) is 8.66. The van der Waals surface area contributed by atoms with Gasteiger partial charge in [-0.1, -0.05) is 18.2 Å². The highest BCUT2D eigenvalue weighted by molar-refractivity contribution is 5.46. The van der Waals surface area contributed by atoms with Crippen molar-refractivity contribution in [1.29, 1.82) is 0 Å². The second kappa shape index (κ2) is 4.25. The normalized spacial score (nSPS) is 40.9. The molecule has 112 valence electrons. The van der Waals surface area contributed by atoms with Crippen molar-refractivity contribution in [3.05, 3.63) is 29.3 Å². The second-order valence-corrected chi connectivity index (χ2v) is 8.12. The van der Waals surface area contributed by atoms with Gasteiger partial charge in [0.05, 0.1) is 12.7 Å². The van der Waals surface area contributed by atoms with E-state index in [0.717, 1.165) is 42.1 Å². The maximum absolute atomic E-state index is 11.3. The summed E-state index contributed by atoms with van der Waals surface area (Å²) in [5, 5.41) is 11.3. The molecule has 4 saturated carbocycles. The maximum atomic E-state index is 11.3. The van der Waals surface area contributed by atoms with Gasteiger partial charge >= 0.3 is 0 Å². The first-order valence-electron chi connectivity index (χ1n) is 8.66. The Labute approximate surface area is 126 Å². The Kier molecular flexibility index (Phi) is 2.54. The summed E-state index contributed by atoms with van der Waals surface area (Å²) in [5.74, 6) is 3.64. The van der Waals surface area contributed by atoms with Gasteiger partial charge in [0.15, 0.2) is 0 Å².